The Balaban J connectivity index is 3.12. The third-order valence-electron chi connectivity index (χ3n) is 5.64. The van der Waals surface area contributed by atoms with Gasteiger partial charge < -0.3 is 24.7 Å². The number of unbranched alkanes of at least 4 members (excludes halogenated alkanes) is 4. The first-order valence-electron chi connectivity index (χ1n) is 12.8. The molecule has 0 spiro atoms. The molecule has 0 bridgehead atoms. The average molecular weight is 508 g/mol. The molecule has 9 heteroatoms. The smallest absolute Gasteiger partial charge is 0.326 e. The third kappa shape index (κ3) is 11.2. The minimum absolute atomic E-state index is 0.0223. The second-order valence-electron chi connectivity index (χ2n) is 8.79. The number of nitrogens with two attached hydrogens (primary N) is 1. The van der Waals surface area contributed by atoms with Gasteiger partial charge in [0.05, 0.1) is 13.7 Å². The van der Waals surface area contributed by atoms with Gasteiger partial charge in [0.2, 0.25) is 0 Å². The van der Waals surface area contributed by atoms with Crippen LogP contribution in [-0.4, -0.2) is 43.1 Å². The number of ether oxygens (including phenoxy) is 4. The second kappa shape index (κ2) is 16.7. The van der Waals surface area contributed by atoms with Crippen LogP contribution in [0.5, 0.6) is 11.5 Å². The summed E-state index contributed by atoms with van der Waals surface area (Å²) in [6.45, 7) is 5.70. The van der Waals surface area contributed by atoms with Gasteiger partial charge in [-0.15, -0.1) is 0 Å². The summed E-state index contributed by atoms with van der Waals surface area (Å²) in [7, 11) is 1.23. The lowest BCUT2D eigenvalue weighted by Crippen LogP contribution is -2.51. The second-order valence-corrected chi connectivity index (χ2v) is 8.79. The molecule has 0 radical (unpaired) electrons. The zero-order valence-electron chi connectivity index (χ0n) is 22.1. The normalized spacial score (nSPS) is 12.4. The first kappa shape index (κ1) is 31.1. The Morgan fingerprint density at radius 3 is 1.94 bits per heavy atom. The monoisotopic (exact) mass is 507 g/mol. The first-order chi connectivity index (χ1) is 17.2. The van der Waals surface area contributed by atoms with E-state index in [0.717, 1.165) is 25.7 Å². The zero-order chi connectivity index (χ0) is 27.0. The van der Waals surface area contributed by atoms with E-state index in [-0.39, 0.29) is 50.2 Å². The molecule has 0 aliphatic rings. The molecule has 9 nitrogen and oxygen atoms in total. The Morgan fingerprint density at radius 1 is 0.833 bits per heavy atom. The molecule has 2 N–H and O–H groups in total. The van der Waals surface area contributed by atoms with Crippen molar-refractivity contribution in [3.63, 3.8) is 0 Å². The summed E-state index contributed by atoms with van der Waals surface area (Å²) in [5.41, 5.74) is 5.45. The quantitative estimate of drug-likeness (QED) is 0.185. The summed E-state index contributed by atoms with van der Waals surface area (Å²) in [5.74, 6) is -1.71. The molecular weight excluding hydrogens is 466 g/mol. The van der Waals surface area contributed by atoms with Crippen LogP contribution in [0.3, 0.4) is 0 Å². The van der Waals surface area contributed by atoms with Crippen LogP contribution in [0.25, 0.3) is 0 Å². The number of benzene rings is 1. The van der Waals surface area contributed by atoms with E-state index in [2.05, 4.69) is 0 Å². The van der Waals surface area contributed by atoms with Crippen molar-refractivity contribution in [2.45, 2.75) is 96.9 Å². The molecular formula is C27H41NO8. The summed E-state index contributed by atoms with van der Waals surface area (Å²) >= 11 is 0. The third-order valence-corrected chi connectivity index (χ3v) is 5.64. The van der Waals surface area contributed by atoms with Gasteiger partial charge in [-0.3, -0.25) is 19.2 Å². The molecule has 0 amide bonds. The molecule has 1 rings (SSSR count). The largest absolute Gasteiger partial charge is 0.468 e. The van der Waals surface area contributed by atoms with Crippen molar-refractivity contribution >= 4 is 23.9 Å². The fourth-order valence-corrected chi connectivity index (χ4v) is 3.49. The molecule has 1 atom stereocenters. The van der Waals surface area contributed by atoms with Gasteiger partial charge in [0.15, 0.2) is 11.5 Å². The number of carbonyl (C=O) groups excluding carboxylic acids is 4. The van der Waals surface area contributed by atoms with Crippen molar-refractivity contribution in [2.75, 3.05) is 13.7 Å². The Labute approximate surface area is 214 Å². The minimum atomic E-state index is -1.48. The van der Waals surface area contributed by atoms with Crippen LogP contribution in [0.2, 0.25) is 0 Å². The fraction of sp³-hybridized carbons (Fsp3) is 0.630. The van der Waals surface area contributed by atoms with E-state index in [1.807, 2.05) is 13.8 Å². The highest BCUT2D eigenvalue weighted by molar-refractivity contribution is 5.81. The summed E-state index contributed by atoms with van der Waals surface area (Å²) in [6.07, 6.45) is 5.88. The van der Waals surface area contributed by atoms with E-state index in [1.54, 1.807) is 13.0 Å². The standard InChI is InChI=1S/C27H41NO8/c1-5-8-10-12-24(30)35-21-15-14-20(18-22(21)36-25(31)13-11-9-6-2)19-27(28,26(32)33-4)16-17-34-23(29)7-3/h14-15,18H,5-13,16-17,19,28H2,1-4H3/t27-/m1/s1. The average Bonchev–Trinajstić information content (AvgIpc) is 2.85. The first-order valence-corrected chi connectivity index (χ1v) is 12.8. The maximum absolute atomic E-state index is 12.5. The Hall–Kier alpha value is -2.94. The van der Waals surface area contributed by atoms with Crippen molar-refractivity contribution in [1.82, 2.24) is 0 Å². The van der Waals surface area contributed by atoms with E-state index < -0.39 is 29.4 Å². The van der Waals surface area contributed by atoms with Crippen LogP contribution in [-0.2, 0) is 35.1 Å². The van der Waals surface area contributed by atoms with Gasteiger partial charge in [-0.05, 0) is 30.5 Å². The van der Waals surface area contributed by atoms with Crippen LogP contribution in [0, 0.1) is 0 Å². The van der Waals surface area contributed by atoms with E-state index in [4.69, 9.17) is 24.7 Å². The van der Waals surface area contributed by atoms with Crippen molar-refractivity contribution in [3.8, 4) is 11.5 Å². The van der Waals surface area contributed by atoms with Gasteiger partial charge in [-0.1, -0.05) is 52.5 Å². The predicted octanol–water partition coefficient (Wildman–Crippen LogP) is 4.41. The molecule has 0 heterocycles. The van der Waals surface area contributed by atoms with Crippen LogP contribution < -0.4 is 15.2 Å². The van der Waals surface area contributed by atoms with E-state index in [1.165, 1.54) is 19.2 Å². The Kier molecular flexibility index (Phi) is 14.4. The highest BCUT2D eigenvalue weighted by atomic mass is 16.6. The van der Waals surface area contributed by atoms with Crippen LogP contribution >= 0.6 is 0 Å². The number of methoxy groups -OCH3 is 1. The van der Waals surface area contributed by atoms with Gasteiger partial charge in [-0.25, -0.2) is 0 Å². The molecule has 0 aliphatic heterocycles. The number of rotatable bonds is 17. The van der Waals surface area contributed by atoms with Crippen LogP contribution in [0.4, 0.5) is 0 Å². The van der Waals surface area contributed by atoms with Crippen molar-refractivity contribution in [1.29, 1.82) is 0 Å². The van der Waals surface area contributed by atoms with E-state index in [0.29, 0.717) is 18.4 Å². The SMILES string of the molecule is CCCCCC(=O)Oc1ccc(C[C@](N)(CCOC(=O)CC)C(=O)OC)cc1OC(=O)CCCCC. The van der Waals surface area contributed by atoms with Gasteiger partial charge in [0.25, 0.3) is 0 Å². The van der Waals surface area contributed by atoms with Crippen LogP contribution in [0.15, 0.2) is 18.2 Å². The highest BCUT2D eigenvalue weighted by Crippen LogP contribution is 2.31. The highest BCUT2D eigenvalue weighted by Gasteiger charge is 2.36. The Bertz CT molecular complexity index is 869. The number of esters is 4. The molecule has 1 aromatic rings. The van der Waals surface area contributed by atoms with Gasteiger partial charge in [0, 0.05) is 32.1 Å². The molecule has 0 aromatic heterocycles. The summed E-state index contributed by atoms with van der Waals surface area (Å²) in [5, 5.41) is 0. The number of carbonyl (C=O) groups is 4. The maximum atomic E-state index is 12.5. The van der Waals surface area contributed by atoms with Gasteiger partial charge in [0.1, 0.15) is 5.54 Å². The lowest BCUT2D eigenvalue weighted by atomic mass is 9.88. The molecule has 0 fully saturated rings. The molecule has 36 heavy (non-hydrogen) atoms. The molecule has 0 aliphatic carbocycles. The van der Waals surface area contributed by atoms with E-state index in [9.17, 15) is 19.2 Å². The Morgan fingerprint density at radius 2 is 1.42 bits per heavy atom. The molecule has 0 saturated carbocycles. The summed E-state index contributed by atoms with van der Waals surface area (Å²) in [6, 6.07) is 4.71. The molecule has 0 saturated heterocycles. The summed E-state index contributed by atoms with van der Waals surface area (Å²) < 4.78 is 21.0. The molecule has 202 valence electrons. The molecule has 1 aromatic carbocycles. The van der Waals surface area contributed by atoms with Crippen LogP contribution in [0.1, 0.15) is 90.5 Å². The lowest BCUT2D eigenvalue weighted by molar-refractivity contribution is -0.151. The minimum Gasteiger partial charge on any atom is -0.468 e. The van der Waals surface area contributed by atoms with Crippen molar-refractivity contribution in [2.24, 2.45) is 5.73 Å². The van der Waals surface area contributed by atoms with Gasteiger partial charge >= 0.3 is 23.9 Å². The predicted molar refractivity (Wildman–Crippen MR) is 135 cm³/mol. The molecule has 0 unspecified atom stereocenters. The van der Waals surface area contributed by atoms with Crippen molar-refractivity contribution in [3.05, 3.63) is 23.8 Å². The maximum Gasteiger partial charge on any atom is 0.326 e. The topological polar surface area (TPSA) is 131 Å². The summed E-state index contributed by atoms with van der Waals surface area (Å²) in [4.78, 5) is 48.7. The van der Waals surface area contributed by atoms with E-state index >= 15 is 0 Å². The number of hydrogen-bond donors (Lipinski definition) is 1. The lowest BCUT2D eigenvalue weighted by Gasteiger charge is -2.26. The van der Waals surface area contributed by atoms with Gasteiger partial charge in [-0.2, -0.15) is 0 Å². The zero-order valence-corrected chi connectivity index (χ0v) is 22.1. The number of hydrogen-bond acceptors (Lipinski definition) is 9. The fourth-order valence-electron chi connectivity index (χ4n) is 3.49. The van der Waals surface area contributed by atoms with Crippen molar-refractivity contribution < 1.29 is 38.1 Å².